The van der Waals surface area contributed by atoms with Gasteiger partial charge >= 0.3 is 5.97 Å². The molecule has 2 aromatic carbocycles. The van der Waals surface area contributed by atoms with Gasteiger partial charge in [-0.1, -0.05) is 11.6 Å². The highest BCUT2D eigenvalue weighted by Crippen LogP contribution is 2.27. The van der Waals surface area contributed by atoms with Crippen molar-refractivity contribution in [3.05, 3.63) is 52.8 Å². The van der Waals surface area contributed by atoms with E-state index in [0.29, 0.717) is 17.9 Å². The summed E-state index contributed by atoms with van der Waals surface area (Å²) in [5, 5.41) is 8.46. The van der Waals surface area contributed by atoms with Crippen molar-refractivity contribution >= 4 is 33.3 Å². The van der Waals surface area contributed by atoms with Crippen molar-refractivity contribution in [2.75, 3.05) is 11.8 Å². The quantitative estimate of drug-likeness (QED) is 0.856. The Kier molecular flexibility index (Phi) is 4.76. The van der Waals surface area contributed by atoms with Crippen LogP contribution in [0.25, 0.3) is 0 Å². The van der Waals surface area contributed by atoms with Gasteiger partial charge in [0, 0.05) is 5.69 Å². The molecule has 23 heavy (non-hydrogen) atoms. The van der Waals surface area contributed by atoms with E-state index in [1.54, 1.807) is 0 Å². The zero-order valence-corrected chi connectivity index (χ0v) is 13.3. The molecule has 0 aliphatic carbocycles. The summed E-state index contributed by atoms with van der Waals surface area (Å²) in [4.78, 5) is 10.4. The number of carboxylic acid groups (broad SMARTS) is 1. The highest BCUT2D eigenvalue weighted by atomic mass is 35.5. The summed E-state index contributed by atoms with van der Waals surface area (Å²) in [5.41, 5.74) is -0.576. The first kappa shape index (κ1) is 17.0. The van der Waals surface area contributed by atoms with Crippen molar-refractivity contribution < 1.29 is 27.4 Å². The summed E-state index contributed by atoms with van der Waals surface area (Å²) in [6.07, 6.45) is 0. The Hall–Kier alpha value is -2.32. The molecule has 0 spiro atoms. The molecule has 0 aliphatic heterocycles. The van der Waals surface area contributed by atoms with Gasteiger partial charge in [0.15, 0.2) is 0 Å². The van der Waals surface area contributed by atoms with Crippen molar-refractivity contribution in [2.45, 2.75) is 4.90 Å². The van der Waals surface area contributed by atoms with E-state index in [1.807, 2.05) is 0 Å². The molecular weight excluding hydrogens is 349 g/mol. The fraction of sp³-hybridized carbons (Fsp3) is 0.0714. The predicted molar refractivity (Wildman–Crippen MR) is 82.2 cm³/mol. The minimum absolute atomic E-state index is 0.211. The number of hydrogen-bond donors (Lipinski definition) is 2. The van der Waals surface area contributed by atoms with Crippen molar-refractivity contribution in [2.24, 2.45) is 0 Å². The number of nitrogens with one attached hydrogen (secondary N) is 1. The Morgan fingerprint density at radius 2 is 1.87 bits per heavy atom. The molecule has 0 radical (unpaired) electrons. The van der Waals surface area contributed by atoms with E-state index < -0.39 is 37.3 Å². The lowest BCUT2D eigenvalue weighted by molar-refractivity contribution is 0.0691. The summed E-state index contributed by atoms with van der Waals surface area (Å²) in [6, 6.07) is 7.29. The molecule has 0 atom stereocenters. The van der Waals surface area contributed by atoms with Crippen LogP contribution >= 0.6 is 11.6 Å². The van der Waals surface area contributed by atoms with Crippen LogP contribution in [0.15, 0.2) is 41.3 Å². The Balaban J connectivity index is 2.42. The molecule has 2 aromatic rings. The third kappa shape index (κ3) is 3.72. The Morgan fingerprint density at radius 3 is 2.39 bits per heavy atom. The Bertz CT molecular complexity index is 852. The number of carbonyl (C=O) groups is 1. The molecule has 0 unspecified atom stereocenters. The summed E-state index contributed by atoms with van der Waals surface area (Å²) < 4.78 is 45.3. The highest BCUT2D eigenvalue weighted by molar-refractivity contribution is 7.92. The maximum Gasteiger partial charge on any atom is 0.338 e. The number of ether oxygens (including phenoxy) is 1. The van der Waals surface area contributed by atoms with E-state index in [-0.39, 0.29) is 5.69 Å². The molecule has 0 fully saturated rings. The fourth-order valence-electron chi connectivity index (χ4n) is 1.77. The monoisotopic (exact) mass is 359 g/mol. The number of benzene rings is 2. The molecule has 0 bridgehead atoms. The summed E-state index contributed by atoms with van der Waals surface area (Å²) in [7, 11) is -2.73. The van der Waals surface area contributed by atoms with Gasteiger partial charge in [0.25, 0.3) is 10.0 Å². The van der Waals surface area contributed by atoms with E-state index >= 15 is 0 Å². The summed E-state index contributed by atoms with van der Waals surface area (Å²) >= 11 is 5.73. The van der Waals surface area contributed by atoms with Gasteiger partial charge in [-0.3, -0.25) is 4.72 Å². The Morgan fingerprint density at radius 1 is 1.26 bits per heavy atom. The number of sulfonamides is 1. The number of hydrogen-bond acceptors (Lipinski definition) is 4. The van der Waals surface area contributed by atoms with Crippen LogP contribution in [0.1, 0.15) is 10.4 Å². The maximum absolute atomic E-state index is 13.5. The number of anilines is 1. The van der Waals surface area contributed by atoms with Gasteiger partial charge in [-0.25, -0.2) is 17.6 Å². The van der Waals surface area contributed by atoms with Crippen LogP contribution in [0, 0.1) is 5.82 Å². The second-order valence-corrected chi connectivity index (χ2v) is 6.46. The molecule has 9 heteroatoms. The van der Waals surface area contributed by atoms with E-state index in [4.69, 9.17) is 21.4 Å². The molecule has 0 aromatic heterocycles. The molecule has 0 saturated carbocycles. The normalized spacial score (nSPS) is 11.1. The average Bonchev–Trinajstić information content (AvgIpc) is 2.46. The zero-order valence-electron chi connectivity index (χ0n) is 11.7. The van der Waals surface area contributed by atoms with Crippen LogP contribution in [0.3, 0.4) is 0 Å². The van der Waals surface area contributed by atoms with Crippen molar-refractivity contribution in [3.63, 3.8) is 0 Å². The largest absolute Gasteiger partial charge is 0.497 e. The second-order valence-electron chi connectivity index (χ2n) is 4.40. The fourth-order valence-corrected chi connectivity index (χ4v) is 3.37. The number of aromatic carboxylic acids is 1. The first-order valence-electron chi connectivity index (χ1n) is 6.14. The van der Waals surface area contributed by atoms with Crippen molar-refractivity contribution in [3.8, 4) is 5.75 Å². The molecule has 0 aliphatic rings. The van der Waals surface area contributed by atoms with Crippen LogP contribution in [-0.4, -0.2) is 26.6 Å². The molecular formula is C14H11ClFNO5S. The van der Waals surface area contributed by atoms with E-state index in [1.165, 1.54) is 31.4 Å². The molecule has 122 valence electrons. The van der Waals surface area contributed by atoms with E-state index in [9.17, 15) is 17.6 Å². The molecule has 0 amide bonds. The van der Waals surface area contributed by atoms with Crippen molar-refractivity contribution in [1.82, 2.24) is 0 Å². The maximum atomic E-state index is 13.5. The van der Waals surface area contributed by atoms with Gasteiger partial charge in [-0.2, -0.15) is 0 Å². The third-order valence-electron chi connectivity index (χ3n) is 2.88. The van der Waals surface area contributed by atoms with Gasteiger partial charge in [-0.05, 0) is 36.4 Å². The van der Waals surface area contributed by atoms with Crippen LogP contribution < -0.4 is 9.46 Å². The number of halogens is 2. The average molecular weight is 360 g/mol. The SMILES string of the molecule is COc1ccc(NS(=O)(=O)c2cc(C(=O)O)c(F)cc2Cl)cc1. The van der Waals surface area contributed by atoms with Gasteiger partial charge < -0.3 is 9.84 Å². The molecule has 0 saturated heterocycles. The van der Waals surface area contributed by atoms with Crippen LogP contribution in [-0.2, 0) is 10.0 Å². The number of rotatable bonds is 5. The Labute approximate surface area is 136 Å². The first-order valence-corrected chi connectivity index (χ1v) is 8.00. The van der Waals surface area contributed by atoms with Gasteiger partial charge in [-0.15, -0.1) is 0 Å². The highest BCUT2D eigenvalue weighted by Gasteiger charge is 2.23. The number of carboxylic acids is 1. The molecule has 2 N–H and O–H groups in total. The van der Waals surface area contributed by atoms with Crippen LogP contribution in [0.2, 0.25) is 5.02 Å². The second kappa shape index (κ2) is 6.43. The van der Waals surface area contributed by atoms with Crippen molar-refractivity contribution in [1.29, 1.82) is 0 Å². The van der Waals surface area contributed by atoms with Gasteiger partial charge in [0.2, 0.25) is 0 Å². The lowest BCUT2D eigenvalue weighted by atomic mass is 10.2. The van der Waals surface area contributed by atoms with Crippen LogP contribution in [0.4, 0.5) is 10.1 Å². The lowest BCUT2D eigenvalue weighted by Crippen LogP contribution is -2.15. The summed E-state index contributed by atoms with van der Waals surface area (Å²) in [5.74, 6) is -2.19. The lowest BCUT2D eigenvalue weighted by Gasteiger charge is -2.11. The molecule has 2 rings (SSSR count). The van der Waals surface area contributed by atoms with E-state index in [2.05, 4.69) is 4.72 Å². The van der Waals surface area contributed by atoms with E-state index in [0.717, 1.165) is 0 Å². The predicted octanol–water partition coefficient (Wildman–Crippen LogP) is 2.99. The topological polar surface area (TPSA) is 92.7 Å². The third-order valence-corrected chi connectivity index (χ3v) is 4.73. The van der Waals surface area contributed by atoms with Crippen LogP contribution in [0.5, 0.6) is 5.75 Å². The van der Waals surface area contributed by atoms with Gasteiger partial charge in [0.1, 0.15) is 16.5 Å². The molecule has 6 nitrogen and oxygen atoms in total. The number of methoxy groups -OCH3 is 1. The molecule has 0 heterocycles. The minimum Gasteiger partial charge on any atom is -0.497 e. The first-order chi connectivity index (χ1) is 10.7. The summed E-state index contributed by atoms with van der Waals surface area (Å²) in [6.45, 7) is 0. The minimum atomic E-state index is -4.19. The van der Waals surface area contributed by atoms with Gasteiger partial charge in [0.05, 0.1) is 17.7 Å². The smallest absolute Gasteiger partial charge is 0.338 e. The zero-order chi connectivity index (χ0) is 17.2. The standard InChI is InChI=1S/C14H11ClFNO5S/c1-22-9-4-2-8(3-5-9)17-23(20,21)13-6-10(14(18)19)12(16)7-11(13)15/h2-7,17H,1H3,(H,18,19).